The van der Waals surface area contributed by atoms with Crippen molar-refractivity contribution in [3.63, 3.8) is 0 Å². The summed E-state index contributed by atoms with van der Waals surface area (Å²) in [5, 5.41) is 0. The minimum absolute atomic E-state index is 0.0438. The molecule has 0 saturated heterocycles. The van der Waals surface area contributed by atoms with Gasteiger partial charge in [-0.05, 0) is 25.1 Å². The molecule has 3 nitrogen and oxygen atoms in total. The Bertz CT molecular complexity index is 798. The molecule has 2 aromatic rings. The van der Waals surface area contributed by atoms with Crippen LogP contribution in [-0.4, -0.2) is 17.5 Å². The van der Waals surface area contributed by atoms with Crippen LogP contribution < -0.4 is 4.74 Å². The van der Waals surface area contributed by atoms with Crippen LogP contribution >= 0.6 is 0 Å². The van der Waals surface area contributed by atoms with E-state index in [2.05, 4.69) is 4.18 Å². The third-order valence-corrected chi connectivity index (χ3v) is 4.17. The molecule has 1 unspecified atom stereocenters. The average Bonchev–Trinajstić information content (AvgIpc) is 2.54. The summed E-state index contributed by atoms with van der Waals surface area (Å²) >= 11 is -2.43. The Kier molecular flexibility index (Phi) is 5.84. The molecule has 0 aliphatic carbocycles. The van der Waals surface area contributed by atoms with E-state index in [1.54, 1.807) is 19.1 Å². The molecule has 0 N–H and O–H groups in total. The van der Waals surface area contributed by atoms with Gasteiger partial charge in [0.15, 0.2) is 0 Å². The van der Waals surface area contributed by atoms with Crippen LogP contribution in [-0.2, 0) is 15.3 Å². The highest BCUT2D eigenvalue weighted by atomic mass is 32.2. The standard InChI is InChI=1S/C17H14F4O3S/c1-11-7-9-12(10-8-11)25(22)24-16(18)15(17(19,20)21)13-5-3-4-6-14(13)23-2/h3-10H,1-2H3/b16-15+. The lowest BCUT2D eigenvalue weighted by Gasteiger charge is -2.15. The summed E-state index contributed by atoms with van der Waals surface area (Å²) in [6.45, 7) is 1.78. The molecule has 0 fully saturated rings. The van der Waals surface area contributed by atoms with Gasteiger partial charge in [0.2, 0.25) is 11.1 Å². The first-order valence-electron chi connectivity index (χ1n) is 7.01. The number of aryl methyl sites for hydroxylation is 1. The number of hydrogen-bond acceptors (Lipinski definition) is 3. The number of halogens is 4. The summed E-state index contributed by atoms with van der Waals surface area (Å²) in [4.78, 5) is 0.0438. The van der Waals surface area contributed by atoms with Gasteiger partial charge in [-0.1, -0.05) is 35.9 Å². The van der Waals surface area contributed by atoms with E-state index >= 15 is 0 Å². The van der Waals surface area contributed by atoms with Gasteiger partial charge in [0.05, 0.1) is 12.0 Å². The normalized spacial score (nSPS) is 13.8. The highest BCUT2D eigenvalue weighted by molar-refractivity contribution is 7.80. The Morgan fingerprint density at radius 2 is 1.64 bits per heavy atom. The van der Waals surface area contributed by atoms with Gasteiger partial charge in [0.25, 0.3) is 0 Å². The van der Waals surface area contributed by atoms with Crippen molar-refractivity contribution in [1.29, 1.82) is 0 Å². The van der Waals surface area contributed by atoms with Crippen LogP contribution in [0, 0.1) is 6.92 Å². The van der Waals surface area contributed by atoms with E-state index < -0.39 is 34.4 Å². The fourth-order valence-corrected chi connectivity index (χ4v) is 2.70. The van der Waals surface area contributed by atoms with Gasteiger partial charge < -0.3 is 8.92 Å². The largest absolute Gasteiger partial charge is 0.496 e. The van der Waals surface area contributed by atoms with Gasteiger partial charge in [-0.3, -0.25) is 0 Å². The second-order valence-electron chi connectivity index (χ2n) is 4.98. The first-order chi connectivity index (χ1) is 11.7. The van der Waals surface area contributed by atoms with Crippen molar-refractivity contribution < 1.29 is 30.7 Å². The second-order valence-corrected chi connectivity index (χ2v) is 6.09. The highest BCUT2D eigenvalue weighted by Crippen LogP contribution is 2.41. The third kappa shape index (κ3) is 4.60. The van der Waals surface area contributed by atoms with Crippen molar-refractivity contribution in [3.8, 4) is 5.75 Å². The van der Waals surface area contributed by atoms with Crippen LogP contribution in [0.5, 0.6) is 5.75 Å². The number of benzene rings is 2. The van der Waals surface area contributed by atoms with E-state index in [-0.39, 0.29) is 10.6 Å². The molecule has 0 heterocycles. The number of rotatable bonds is 5. The highest BCUT2D eigenvalue weighted by Gasteiger charge is 2.41. The van der Waals surface area contributed by atoms with E-state index in [9.17, 15) is 21.8 Å². The van der Waals surface area contributed by atoms with E-state index in [0.717, 1.165) is 18.7 Å². The number of hydrogen-bond donors (Lipinski definition) is 0. The van der Waals surface area contributed by atoms with Crippen LogP contribution in [0.1, 0.15) is 11.1 Å². The number of methoxy groups -OCH3 is 1. The van der Waals surface area contributed by atoms with Crippen molar-refractivity contribution in [2.24, 2.45) is 0 Å². The smallest absolute Gasteiger partial charge is 0.423 e. The third-order valence-electron chi connectivity index (χ3n) is 3.22. The molecule has 0 aliphatic heterocycles. The first kappa shape index (κ1) is 19.0. The average molecular weight is 374 g/mol. The molecule has 0 radical (unpaired) electrons. The summed E-state index contributed by atoms with van der Waals surface area (Å²) in [6.07, 6.45) is -5.07. The Morgan fingerprint density at radius 3 is 2.20 bits per heavy atom. The SMILES string of the molecule is COc1ccccc1/C(=C(/F)OS(=O)c1ccc(C)cc1)C(F)(F)F. The first-order valence-corrected chi connectivity index (χ1v) is 8.08. The predicted molar refractivity (Wildman–Crippen MR) is 85.7 cm³/mol. The Labute approximate surface area is 144 Å². The lowest BCUT2D eigenvalue weighted by Crippen LogP contribution is -2.14. The van der Waals surface area contributed by atoms with Crippen molar-refractivity contribution in [3.05, 3.63) is 65.7 Å². The van der Waals surface area contributed by atoms with Gasteiger partial charge in [-0.15, -0.1) is 0 Å². The van der Waals surface area contributed by atoms with Gasteiger partial charge in [-0.2, -0.15) is 17.6 Å². The summed E-state index contributed by atoms with van der Waals surface area (Å²) < 4.78 is 75.6. The number of para-hydroxylation sites is 1. The fourth-order valence-electron chi connectivity index (χ4n) is 2.03. The summed E-state index contributed by atoms with van der Waals surface area (Å²) in [5.41, 5.74) is -1.39. The molecule has 2 rings (SSSR count). The van der Waals surface area contributed by atoms with Crippen LogP contribution in [0.4, 0.5) is 17.6 Å². The van der Waals surface area contributed by atoms with Crippen molar-refractivity contribution >= 4 is 16.7 Å². The van der Waals surface area contributed by atoms with Gasteiger partial charge >= 0.3 is 12.2 Å². The fraction of sp³-hybridized carbons (Fsp3) is 0.176. The molecule has 0 amide bonds. The Morgan fingerprint density at radius 1 is 1.04 bits per heavy atom. The topological polar surface area (TPSA) is 35.5 Å². The molecule has 0 saturated carbocycles. The van der Waals surface area contributed by atoms with Crippen LogP contribution in [0.2, 0.25) is 0 Å². The summed E-state index contributed by atoms with van der Waals surface area (Å²) in [6, 6.07) is 8.99. The van der Waals surface area contributed by atoms with Crippen LogP contribution in [0.3, 0.4) is 0 Å². The zero-order valence-electron chi connectivity index (χ0n) is 13.3. The Hall–Kier alpha value is -2.35. The predicted octanol–water partition coefficient (Wildman–Crippen LogP) is 4.94. The zero-order chi connectivity index (χ0) is 18.6. The molecule has 0 bridgehead atoms. The van der Waals surface area contributed by atoms with E-state index in [1.165, 1.54) is 30.3 Å². The maximum absolute atomic E-state index is 14.3. The van der Waals surface area contributed by atoms with Crippen LogP contribution in [0.25, 0.3) is 5.57 Å². The minimum atomic E-state index is -5.07. The molecule has 0 aliphatic rings. The number of allylic oxidation sites excluding steroid dienone is 1. The van der Waals surface area contributed by atoms with Crippen molar-refractivity contribution in [1.82, 2.24) is 0 Å². The molecule has 8 heteroatoms. The molecular weight excluding hydrogens is 360 g/mol. The van der Waals surface area contributed by atoms with Crippen molar-refractivity contribution in [2.45, 2.75) is 18.0 Å². The summed E-state index contributed by atoms with van der Waals surface area (Å²) in [7, 11) is 1.16. The molecule has 1 atom stereocenters. The van der Waals surface area contributed by atoms with Crippen molar-refractivity contribution in [2.75, 3.05) is 7.11 Å². The monoisotopic (exact) mass is 374 g/mol. The number of alkyl halides is 3. The van der Waals surface area contributed by atoms with Gasteiger partial charge in [0, 0.05) is 5.56 Å². The Balaban J connectivity index is 2.45. The maximum Gasteiger partial charge on any atom is 0.423 e. The molecule has 134 valence electrons. The maximum atomic E-state index is 14.3. The minimum Gasteiger partial charge on any atom is -0.496 e. The molecular formula is C17H14F4O3S. The van der Waals surface area contributed by atoms with E-state index in [1.807, 2.05) is 0 Å². The molecule has 25 heavy (non-hydrogen) atoms. The lowest BCUT2D eigenvalue weighted by atomic mass is 10.1. The van der Waals surface area contributed by atoms with Gasteiger partial charge in [-0.25, -0.2) is 4.21 Å². The van der Waals surface area contributed by atoms with Crippen LogP contribution in [0.15, 0.2) is 59.4 Å². The van der Waals surface area contributed by atoms with Gasteiger partial charge in [0.1, 0.15) is 11.3 Å². The molecule has 2 aromatic carbocycles. The second kappa shape index (κ2) is 7.69. The lowest BCUT2D eigenvalue weighted by molar-refractivity contribution is -0.0717. The molecule has 0 aromatic heterocycles. The zero-order valence-corrected chi connectivity index (χ0v) is 14.1. The van der Waals surface area contributed by atoms with E-state index in [0.29, 0.717) is 0 Å². The molecule has 0 spiro atoms. The summed E-state index contributed by atoms with van der Waals surface area (Å²) in [5.74, 6) is -0.185. The quantitative estimate of drug-likeness (QED) is 0.549. The van der Waals surface area contributed by atoms with E-state index in [4.69, 9.17) is 4.74 Å². The number of ether oxygens (including phenoxy) is 1.